The van der Waals surface area contributed by atoms with Gasteiger partial charge in [-0.1, -0.05) is 44.2 Å². The second kappa shape index (κ2) is 15.5. The molecule has 1 amide bonds. The van der Waals surface area contributed by atoms with Gasteiger partial charge in [-0.3, -0.25) is 10.1 Å². The number of benzene rings is 3. The van der Waals surface area contributed by atoms with Gasteiger partial charge < -0.3 is 34.5 Å². The van der Waals surface area contributed by atoms with Crippen LogP contribution in [0.1, 0.15) is 38.7 Å². The minimum absolute atomic E-state index is 0.0604. The largest absolute Gasteiger partial charge is 0.530 e. The first-order chi connectivity index (χ1) is 21.6. The Morgan fingerprint density at radius 2 is 1.57 bits per heavy atom. The van der Waals surface area contributed by atoms with Crippen molar-refractivity contribution in [1.29, 1.82) is 0 Å². The molecule has 46 heavy (non-hydrogen) atoms. The average molecular weight is 659 g/mol. The van der Waals surface area contributed by atoms with E-state index in [2.05, 4.69) is 10.0 Å². The van der Waals surface area contributed by atoms with Crippen LogP contribution in [0, 0.1) is 15.5 Å². The van der Waals surface area contributed by atoms with Gasteiger partial charge in [0.05, 0.1) is 29.6 Å². The zero-order chi connectivity index (χ0) is 34.0. The summed E-state index contributed by atoms with van der Waals surface area (Å²) in [7, 11) is -2.96. The Kier molecular flexibility index (Phi) is 12.1. The number of nitrogens with one attached hydrogen (secondary N) is 2. The summed E-state index contributed by atoms with van der Waals surface area (Å²) in [6.45, 7) is 3.58. The summed E-state index contributed by atoms with van der Waals surface area (Å²) in [6, 6.07) is 18.8. The Morgan fingerprint density at radius 1 is 0.957 bits per heavy atom. The van der Waals surface area contributed by atoms with E-state index >= 15 is 0 Å². The molecule has 2 atom stereocenters. The summed E-state index contributed by atoms with van der Waals surface area (Å²) >= 11 is 0. The van der Waals surface area contributed by atoms with Gasteiger partial charge in [0.2, 0.25) is 10.0 Å². The zero-order valence-electron chi connectivity index (χ0n) is 25.5. The molecule has 0 bridgehead atoms. The summed E-state index contributed by atoms with van der Waals surface area (Å²) in [5, 5.41) is 36.3. The molecule has 3 N–H and O–H groups in total. The van der Waals surface area contributed by atoms with Crippen molar-refractivity contribution in [1.82, 2.24) is 10.0 Å². The van der Waals surface area contributed by atoms with E-state index in [9.17, 15) is 38.3 Å². The Balaban J connectivity index is 1.73. The van der Waals surface area contributed by atoms with Gasteiger partial charge in [0.1, 0.15) is 23.3 Å². The fourth-order valence-electron chi connectivity index (χ4n) is 4.60. The molecule has 3 rings (SSSR count). The maximum Gasteiger partial charge on any atom is 0.513 e. The van der Waals surface area contributed by atoms with E-state index in [4.69, 9.17) is 14.2 Å². The molecule has 2 unspecified atom stereocenters. The third kappa shape index (κ3) is 10.4. The van der Waals surface area contributed by atoms with Crippen LogP contribution in [-0.2, 0) is 21.2 Å². The summed E-state index contributed by atoms with van der Waals surface area (Å²) in [6.07, 6.45) is -4.17. The van der Waals surface area contributed by atoms with E-state index in [0.29, 0.717) is 17.7 Å². The maximum atomic E-state index is 13.5. The van der Waals surface area contributed by atoms with Gasteiger partial charge in [0.25, 0.3) is 5.69 Å². The number of nitro benzene ring substituents is 1. The topological polar surface area (TPSA) is 206 Å². The predicted molar refractivity (Wildman–Crippen MR) is 163 cm³/mol. The smallest absolute Gasteiger partial charge is 0.513 e. The second-order valence-corrected chi connectivity index (χ2v) is 12.9. The van der Waals surface area contributed by atoms with Crippen LogP contribution in [0.15, 0.2) is 83.8 Å². The lowest BCUT2D eigenvalue weighted by atomic mass is 9.81. The first-order valence-corrected chi connectivity index (χ1v) is 15.6. The number of amides is 1. The normalized spacial score (nSPS) is 13.6. The van der Waals surface area contributed by atoms with E-state index in [1.807, 2.05) is 13.8 Å². The van der Waals surface area contributed by atoms with Gasteiger partial charge >= 0.3 is 6.16 Å². The average Bonchev–Trinajstić information content (AvgIpc) is 3.00. The molecule has 248 valence electrons. The third-order valence-electron chi connectivity index (χ3n) is 7.25. The molecule has 0 saturated heterocycles. The number of nitrogens with zero attached hydrogens (tertiary/aromatic N) is 1. The number of hydrogen-bond donors (Lipinski definition) is 3. The lowest BCUT2D eigenvalue weighted by molar-refractivity contribution is -0.384. The molecule has 14 nitrogen and oxygen atoms in total. The molecule has 3 aromatic carbocycles. The first kappa shape index (κ1) is 35.7. The number of carbonyl (C=O) groups is 2. The van der Waals surface area contributed by atoms with E-state index in [-0.39, 0.29) is 42.2 Å². The van der Waals surface area contributed by atoms with Crippen molar-refractivity contribution < 1.29 is 47.4 Å². The van der Waals surface area contributed by atoms with E-state index in [1.165, 1.54) is 55.6 Å². The number of aliphatic hydroxyl groups excluding tert-OH is 1. The Bertz CT molecular complexity index is 1580. The highest BCUT2D eigenvalue weighted by Crippen LogP contribution is 2.31. The number of rotatable bonds is 16. The van der Waals surface area contributed by atoms with Crippen LogP contribution < -0.4 is 24.6 Å². The number of carbonyl (C=O) groups excluding carboxylic acids is 2. The lowest BCUT2D eigenvalue weighted by Crippen LogP contribution is -2.70. The van der Waals surface area contributed by atoms with Crippen molar-refractivity contribution in [2.24, 2.45) is 5.41 Å². The molecule has 0 aliphatic rings. The van der Waals surface area contributed by atoms with Crippen LogP contribution in [0.2, 0.25) is 0 Å². The van der Waals surface area contributed by atoms with Crippen molar-refractivity contribution >= 4 is 28.0 Å². The van der Waals surface area contributed by atoms with Crippen molar-refractivity contribution in [3.63, 3.8) is 0 Å². The number of nitro groups is 1. The summed E-state index contributed by atoms with van der Waals surface area (Å²) in [4.78, 5) is 34.1. The molecule has 0 aliphatic heterocycles. The van der Waals surface area contributed by atoms with Gasteiger partial charge in [-0.05, 0) is 66.6 Å². The SMILES string of the molecule is COc1ccc(S(=O)(=O)NC(Cc2ccccc2)(NC(=O)[O-])C(O)CCC(C)(C)CCOC(=O)Oc2ccc([N+](=O)[O-])cc2)cc1. The van der Waals surface area contributed by atoms with Gasteiger partial charge in [-0.25, -0.2) is 13.2 Å². The maximum absolute atomic E-state index is 13.5. The van der Waals surface area contributed by atoms with Crippen molar-refractivity contribution in [2.45, 2.75) is 56.2 Å². The molecule has 0 aliphatic carbocycles. The molecule has 0 fully saturated rings. The van der Waals surface area contributed by atoms with Gasteiger partial charge in [-0.15, -0.1) is 0 Å². The molecule has 0 aromatic heterocycles. The number of hydrogen-bond acceptors (Lipinski definition) is 11. The van der Waals surface area contributed by atoms with Crippen LogP contribution in [0.4, 0.5) is 15.3 Å². The van der Waals surface area contributed by atoms with Crippen LogP contribution in [0.25, 0.3) is 0 Å². The van der Waals surface area contributed by atoms with Crippen molar-refractivity contribution in [2.75, 3.05) is 13.7 Å². The molecular weight excluding hydrogens is 622 g/mol. The van der Waals surface area contributed by atoms with E-state index < -0.39 is 44.4 Å². The highest BCUT2D eigenvalue weighted by Gasteiger charge is 2.43. The highest BCUT2D eigenvalue weighted by atomic mass is 32.2. The van der Waals surface area contributed by atoms with Gasteiger partial charge in [-0.2, -0.15) is 4.72 Å². The molecule has 0 radical (unpaired) electrons. The monoisotopic (exact) mass is 658 g/mol. The standard InChI is InChI=1S/C31H37N3O11S/c1-30(2,19-20-44-29(38)45-25-11-9-23(10-12-25)34(39)40)18-17-27(35)31(32-28(36)37,21-22-7-5-4-6-8-22)33-46(41,42)26-15-13-24(43-3)14-16-26/h4-16,27,32-33,35H,17-21H2,1-3H3,(H,36,37)/p-1. The minimum Gasteiger partial charge on any atom is -0.530 e. The summed E-state index contributed by atoms with van der Waals surface area (Å²) < 4.78 is 44.7. The van der Waals surface area contributed by atoms with Crippen molar-refractivity contribution in [3.05, 3.63) is 94.5 Å². The number of carboxylic acid groups (broad SMARTS) is 1. The number of ether oxygens (including phenoxy) is 3. The molecule has 0 heterocycles. The zero-order valence-corrected chi connectivity index (χ0v) is 26.3. The van der Waals surface area contributed by atoms with Crippen LogP contribution in [-0.4, -0.2) is 56.2 Å². The molecule has 0 spiro atoms. The van der Waals surface area contributed by atoms with E-state index in [1.54, 1.807) is 30.3 Å². The molecule has 3 aromatic rings. The van der Waals surface area contributed by atoms with Crippen LogP contribution >= 0.6 is 0 Å². The first-order valence-electron chi connectivity index (χ1n) is 14.1. The third-order valence-corrected chi connectivity index (χ3v) is 8.77. The Morgan fingerprint density at radius 3 is 2.13 bits per heavy atom. The summed E-state index contributed by atoms with van der Waals surface area (Å²) in [5.74, 6) is 0.471. The molecule has 15 heteroatoms. The minimum atomic E-state index is -4.39. The number of methoxy groups -OCH3 is 1. The number of aliphatic hydroxyl groups is 1. The Labute approximate surface area is 266 Å². The number of non-ortho nitro benzene ring substituents is 1. The number of sulfonamides is 1. The van der Waals surface area contributed by atoms with Gasteiger partial charge in [0.15, 0.2) is 0 Å². The van der Waals surface area contributed by atoms with Crippen LogP contribution in [0.5, 0.6) is 11.5 Å². The summed E-state index contributed by atoms with van der Waals surface area (Å²) in [5.41, 5.74) is -2.34. The quantitative estimate of drug-likeness (QED) is 0.0667. The fraction of sp³-hybridized carbons (Fsp3) is 0.355. The van der Waals surface area contributed by atoms with Gasteiger partial charge in [0, 0.05) is 18.6 Å². The predicted octanol–water partition coefficient (Wildman–Crippen LogP) is 3.53. The lowest BCUT2D eigenvalue weighted by Gasteiger charge is -2.41. The second-order valence-electron chi connectivity index (χ2n) is 11.2. The van der Waals surface area contributed by atoms with Crippen molar-refractivity contribution in [3.8, 4) is 11.5 Å². The fourth-order valence-corrected chi connectivity index (χ4v) is 5.95. The van der Waals surface area contributed by atoms with Crippen LogP contribution in [0.3, 0.4) is 0 Å². The highest BCUT2D eigenvalue weighted by molar-refractivity contribution is 7.89. The molecular formula is C31H36N3O11S-. The molecule has 0 saturated carbocycles. The Hall–Kier alpha value is -4.73. The van der Waals surface area contributed by atoms with E-state index in [0.717, 1.165) is 0 Å².